The Bertz CT molecular complexity index is 495. The maximum Gasteiger partial charge on any atom is 0.239 e. The molecule has 0 bridgehead atoms. The molecule has 2 rings (SSSR count). The highest BCUT2D eigenvalue weighted by Crippen LogP contribution is 2.32. The molecule has 96 valence electrons. The van der Waals surface area contributed by atoms with Gasteiger partial charge in [-0.2, -0.15) is 0 Å². The van der Waals surface area contributed by atoms with E-state index in [4.69, 9.17) is 9.15 Å². The highest BCUT2D eigenvalue weighted by atomic mass is 16.5. The molecule has 1 N–H and O–H groups in total. The molecule has 5 nitrogen and oxygen atoms in total. The van der Waals surface area contributed by atoms with Gasteiger partial charge in [-0.3, -0.25) is 0 Å². The lowest BCUT2D eigenvalue weighted by Crippen LogP contribution is -2.13. The van der Waals surface area contributed by atoms with Crippen molar-refractivity contribution >= 4 is 11.4 Å². The van der Waals surface area contributed by atoms with E-state index in [1.807, 2.05) is 37.2 Å². The SMILES string of the molecule is COc1nccc(N(C)C)c1NCc1ccco1. The third kappa shape index (κ3) is 2.56. The van der Waals surface area contributed by atoms with Crippen molar-refractivity contribution in [1.29, 1.82) is 0 Å². The highest BCUT2D eigenvalue weighted by Gasteiger charge is 2.12. The fourth-order valence-electron chi connectivity index (χ4n) is 1.72. The Morgan fingerprint density at radius 1 is 1.39 bits per heavy atom. The van der Waals surface area contributed by atoms with Gasteiger partial charge in [-0.25, -0.2) is 4.98 Å². The first-order valence-corrected chi connectivity index (χ1v) is 5.69. The van der Waals surface area contributed by atoms with Crippen LogP contribution in [0.15, 0.2) is 35.1 Å². The zero-order valence-corrected chi connectivity index (χ0v) is 10.8. The summed E-state index contributed by atoms with van der Waals surface area (Å²) in [5.41, 5.74) is 1.88. The quantitative estimate of drug-likeness (QED) is 0.879. The molecule has 2 heterocycles. The summed E-state index contributed by atoms with van der Waals surface area (Å²) in [5.74, 6) is 1.44. The topological polar surface area (TPSA) is 50.5 Å². The number of pyridine rings is 1. The lowest BCUT2D eigenvalue weighted by Gasteiger charge is -2.19. The van der Waals surface area contributed by atoms with Crippen LogP contribution < -0.4 is 15.0 Å². The minimum atomic E-state index is 0.577. The molecule has 0 spiro atoms. The van der Waals surface area contributed by atoms with Gasteiger partial charge in [0.1, 0.15) is 11.4 Å². The number of aromatic nitrogens is 1. The van der Waals surface area contributed by atoms with Crippen LogP contribution in [-0.2, 0) is 6.54 Å². The van der Waals surface area contributed by atoms with E-state index in [1.165, 1.54) is 0 Å². The van der Waals surface area contributed by atoms with Crippen LogP contribution in [0.2, 0.25) is 0 Å². The first-order valence-electron chi connectivity index (χ1n) is 5.69. The van der Waals surface area contributed by atoms with Crippen LogP contribution in [0.1, 0.15) is 5.76 Å². The van der Waals surface area contributed by atoms with E-state index in [2.05, 4.69) is 10.3 Å². The Labute approximate surface area is 106 Å². The van der Waals surface area contributed by atoms with Crippen LogP contribution >= 0.6 is 0 Å². The van der Waals surface area contributed by atoms with E-state index in [9.17, 15) is 0 Å². The second kappa shape index (κ2) is 5.44. The summed E-state index contributed by atoms with van der Waals surface area (Å²) in [7, 11) is 5.57. The zero-order valence-electron chi connectivity index (χ0n) is 10.8. The molecule has 0 radical (unpaired) electrons. The van der Waals surface area contributed by atoms with E-state index in [1.54, 1.807) is 19.6 Å². The van der Waals surface area contributed by atoms with Crippen LogP contribution in [-0.4, -0.2) is 26.2 Å². The predicted molar refractivity (Wildman–Crippen MR) is 71.2 cm³/mol. The molecule has 0 amide bonds. The van der Waals surface area contributed by atoms with Crippen molar-refractivity contribution in [3.63, 3.8) is 0 Å². The molecule has 18 heavy (non-hydrogen) atoms. The van der Waals surface area contributed by atoms with Gasteiger partial charge in [-0.15, -0.1) is 0 Å². The maximum atomic E-state index is 5.29. The van der Waals surface area contributed by atoms with Crippen molar-refractivity contribution < 1.29 is 9.15 Å². The Hall–Kier alpha value is -2.17. The summed E-state index contributed by atoms with van der Waals surface area (Å²) in [4.78, 5) is 6.21. The number of hydrogen-bond donors (Lipinski definition) is 1. The van der Waals surface area contributed by atoms with Crippen molar-refractivity contribution in [3.8, 4) is 5.88 Å². The molecule has 0 fully saturated rings. The zero-order chi connectivity index (χ0) is 13.0. The normalized spacial score (nSPS) is 10.2. The van der Waals surface area contributed by atoms with Crippen LogP contribution in [0.25, 0.3) is 0 Å². The molecule has 5 heteroatoms. The number of hydrogen-bond acceptors (Lipinski definition) is 5. The van der Waals surface area contributed by atoms with Gasteiger partial charge in [0.2, 0.25) is 5.88 Å². The van der Waals surface area contributed by atoms with E-state index >= 15 is 0 Å². The molecule has 0 aliphatic rings. The van der Waals surface area contributed by atoms with Crippen molar-refractivity contribution in [2.24, 2.45) is 0 Å². The lowest BCUT2D eigenvalue weighted by molar-refractivity contribution is 0.399. The first kappa shape index (κ1) is 12.3. The molecular formula is C13H17N3O2. The molecule has 0 aliphatic heterocycles. The van der Waals surface area contributed by atoms with E-state index in [0.29, 0.717) is 12.4 Å². The number of nitrogens with zero attached hydrogens (tertiary/aromatic N) is 2. The highest BCUT2D eigenvalue weighted by molar-refractivity contribution is 5.74. The van der Waals surface area contributed by atoms with Crippen molar-refractivity contribution in [2.75, 3.05) is 31.4 Å². The largest absolute Gasteiger partial charge is 0.479 e. The summed E-state index contributed by atoms with van der Waals surface area (Å²) < 4.78 is 10.6. The van der Waals surface area contributed by atoms with Gasteiger partial charge < -0.3 is 19.4 Å². The Morgan fingerprint density at radius 3 is 2.83 bits per heavy atom. The summed E-state index contributed by atoms with van der Waals surface area (Å²) in [6.45, 7) is 0.593. The van der Waals surface area contributed by atoms with Crippen molar-refractivity contribution in [2.45, 2.75) is 6.54 Å². The summed E-state index contributed by atoms with van der Waals surface area (Å²) >= 11 is 0. The van der Waals surface area contributed by atoms with Gasteiger partial charge in [-0.1, -0.05) is 0 Å². The molecular weight excluding hydrogens is 230 g/mol. The molecule has 0 saturated carbocycles. The molecule has 0 unspecified atom stereocenters. The number of anilines is 2. The number of ether oxygens (including phenoxy) is 1. The second-order valence-corrected chi connectivity index (χ2v) is 4.04. The molecule has 2 aromatic heterocycles. The van der Waals surface area contributed by atoms with Crippen LogP contribution in [0.4, 0.5) is 11.4 Å². The van der Waals surface area contributed by atoms with E-state index < -0.39 is 0 Å². The van der Waals surface area contributed by atoms with Gasteiger partial charge >= 0.3 is 0 Å². The molecule has 0 aromatic carbocycles. The number of nitrogens with one attached hydrogen (secondary N) is 1. The van der Waals surface area contributed by atoms with Gasteiger partial charge in [0, 0.05) is 20.3 Å². The van der Waals surface area contributed by atoms with Crippen LogP contribution in [0.3, 0.4) is 0 Å². The molecule has 0 saturated heterocycles. The van der Waals surface area contributed by atoms with Crippen LogP contribution in [0.5, 0.6) is 5.88 Å². The molecule has 0 aliphatic carbocycles. The van der Waals surface area contributed by atoms with Gasteiger partial charge in [0.15, 0.2) is 0 Å². The van der Waals surface area contributed by atoms with E-state index in [-0.39, 0.29) is 0 Å². The fraction of sp³-hybridized carbons (Fsp3) is 0.308. The average molecular weight is 247 g/mol. The number of methoxy groups -OCH3 is 1. The third-order valence-electron chi connectivity index (χ3n) is 2.59. The van der Waals surface area contributed by atoms with Gasteiger partial charge in [-0.05, 0) is 18.2 Å². The van der Waals surface area contributed by atoms with Crippen LogP contribution in [0, 0.1) is 0 Å². The van der Waals surface area contributed by atoms with E-state index in [0.717, 1.165) is 17.1 Å². The molecule has 2 aromatic rings. The number of furan rings is 1. The predicted octanol–water partition coefficient (Wildman–Crippen LogP) is 2.36. The minimum Gasteiger partial charge on any atom is -0.479 e. The van der Waals surface area contributed by atoms with Gasteiger partial charge in [0.05, 0.1) is 25.6 Å². The summed E-state index contributed by atoms with van der Waals surface area (Å²) in [6.07, 6.45) is 3.39. The summed E-state index contributed by atoms with van der Waals surface area (Å²) in [6, 6.07) is 5.72. The Morgan fingerprint density at radius 2 is 2.22 bits per heavy atom. The van der Waals surface area contributed by atoms with Crippen molar-refractivity contribution in [1.82, 2.24) is 4.98 Å². The standard InChI is InChI=1S/C13H17N3O2/c1-16(2)11-6-7-14-13(17-3)12(11)15-9-10-5-4-8-18-10/h4-8,15H,9H2,1-3H3. The minimum absolute atomic E-state index is 0.577. The lowest BCUT2D eigenvalue weighted by atomic mass is 10.3. The smallest absolute Gasteiger partial charge is 0.239 e. The second-order valence-electron chi connectivity index (χ2n) is 4.04. The average Bonchev–Trinajstić information content (AvgIpc) is 2.88. The maximum absolute atomic E-state index is 5.29. The fourth-order valence-corrected chi connectivity index (χ4v) is 1.72. The van der Waals surface area contributed by atoms with Gasteiger partial charge in [0.25, 0.3) is 0 Å². The molecule has 0 atom stereocenters. The monoisotopic (exact) mass is 247 g/mol. The number of rotatable bonds is 5. The first-order chi connectivity index (χ1) is 8.72. The Balaban J connectivity index is 2.23. The Kier molecular flexibility index (Phi) is 3.72. The summed E-state index contributed by atoms with van der Waals surface area (Å²) in [5, 5.41) is 3.29. The third-order valence-corrected chi connectivity index (χ3v) is 2.59. The van der Waals surface area contributed by atoms with Crippen molar-refractivity contribution in [3.05, 3.63) is 36.4 Å².